The minimum absolute atomic E-state index is 0.0760. The summed E-state index contributed by atoms with van der Waals surface area (Å²) in [4.78, 5) is 12.6. The van der Waals surface area contributed by atoms with Crippen molar-refractivity contribution in [3.05, 3.63) is 71.5 Å². The van der Waals surface area contributed by atoms with Gasteiger partial charge in [-0.15, -0.1) is 0 Å². The summed E-state index contributed by atoms with van der Waals surface area (Å²) < 4.78 is 33.6. The molecule has 0 radical (unpaired) electrons. The monoisotopic (exact) mass is 405 g/mol. The molecule has 1 fully saturated rings. The van der Waals surface area contributed by atoms with E-state index in [0.29, 0.717) is 5.56 Å². The molecule has 2 aromatic rings. The van der Waals surface area contributed by atoms with Gasteiger partial charge in [0.05, 0.1) is 36.3 Å². The molecule has 0 bridgehead atoms. The molecule has 3 atom stereocenters. The zero-order chi connectivity index (χ0) is 20.1. The Hall–Kier alpha value is -2.22. The molecule has 2 N–H and O–H groups in total. The van der Waals surface area contributed by atoms with Gasteiger partial charge in [0, 0.05) is 17.0 Å². The number of hydrogen-bond acceptors (Lipinski definition) is 4. The van der Waals surface area contributed by atoms with E-state index >= 15 is 0 Å². The second-order valence-corrected chi connectivity index (χ2v) is 7.25. The number of ketones is 1. The first-order valence-electron chi connectivity index (χ1n) is 8.94. The number of hydrogen-bond donors (Lipinski definition) is 2. The van der Waals surface area contributed by atoms with E-state index in [4.69, 9.17) is 17.0 Å². The van der Waals surface area contributed by atoms with Crippen molar-refractivity contribution in [2.75, 3.05) is 19.9 Å². The molecular weight excluding hydrogens is 384 g/mol. The zero-order valence-electron chi connectivity index (χ0n) is 15.1. The van der Waals surface area contributed by atoms with E-state index in [2.05, 4.69) is 5.32 Å². The van der Waals surface area contributed by atoms with Crippen molar-refractivity contribution in [2.24, 2.45) is 5.92 Å². The number of carbonyl (C=O) groups is 1. The molecule has 1 saturated heterocycles. The van der Waals surface area contributed by atoms with Crippen molar-refractivity contribution >= 4 is 23.0 Å². The number of halogens is 2. The SMILES string of the molecule is O=C(CC(=S)N[C@@]1(c2ccccc2F)CO[C@H](CF)[C@H]1CO)c1ccccc1. The molecule has 148 valence electrons. The summed E-state index contributed by atoms with van der Waals surface area (Å²) in [6.07, 6.45) is -0.988. The fourth-order valence-corrected chi connectivity index (χ4v) is 3.98. The molecule has 28 heavy (non-hydrogen) atoms. The summed E-state index contributed by atoms with van der Waals surface area (Å²) in [6.45, 7) is -1.32. The highest BCUT2D eigenvalue weighted by Crippen LogP contribution is 2.41. The van der Waals surface area contributed by atoms with Crippen LogP contribution in [0, 0.1) is 11.7 Å². The van der Waals surface area contributed by atoms with Crippen LogP contribution in [-0.4, -0.2) is 41.9 Å². The van der Waals surface area contributed by atoms with Gasteiger partial charge >= 0.3 is 0 Å². The number of aliphatic hydroxyl groups is 1. The van der Waals surface area contributed by atoms with E-state index < -0.39 is 36.7 Å². The van der Waals surface area contributed by atoms with E-state index in [1.165, 1.54) is 6.07 Å². The predicted octanol–water partition coefficient (Wildman–Crippen LogP) is 3.19. The van der Waals surface area contributed by atoms with Gasteiger partial charge in [-0.25, -0.2) is 8.78 Å². The van der Waals surface area contributed by atoms with E-state index in [1.54, 1.807) is 48.5 Å². The quantitative estimate of drug-likeness (QED) is 0.547. The van der Waals surface area contributed by atoms with Crippen LogP contribution in [0.3, 0.4) is 0 Å². The third-order valence-corrected chi connectivity index (χ3v) is 5.34. The Morgan fingerprint density at radius 1 is 1.21 bits per heavy atom. The lowest BCUT2D eigenvalue weighted by Gasteiger charge is -2.36. The van der Waals surface area contributed by atoms with Gasteiger partial charge < -0.3 is 15.2 Å². The third-order valence-electron chi connectivity index (χ3n) is 5.09. The van der Waals surface area contributed by atoms with Crippen molar-refractivity contribution in [3.8, 4) is 0 Å². The maximum absolute atomic E-state index is 14.6. The molecule has 3 rings (SSSR count). The molecular formula is C21H21F2NO3S. The summed E-state index contributed by atoms with van der Waals surface area (Å²) in [5.74, 6) is -1.48. The number of alkyl halides is 1. The number of thiocarbonyl (C=S) groups is 1. The summed E-state index contributed by atoms with van der Waals surface area (Å²) in [5.41, 5.74) is -0.528. The fourth-order valence-electron chi connectivity index (χ4n) is 3.67. The number of Topliss-reactive ketones (excluding diaryl/α,β-unsaturated/α-hetero) is 1. The summed E-state index contributed by atoms with van der Waals surface area (Å²) >= 11 is 5.37. The van der Waals surface area contributed by atoms with Crippen LogP contribution in [0.1, 0.15) is 22.3 Å². The standard InChI is InChI=1S/C21H21F2NO3S/c22-11-19-16(12-25)21(13-27-19,15-8-4-5-9-17(15)23)24-20(28)10-18(26)14-6-2-1-3-7-14/h1-9,16,19,25H,10-13H2,(H,24,28)/t16-,19-,21-/m1/s1. The lowest BCUT2D eigenvalue weighted by atomic mass is 9.77. The second-order valence-electron chi connectivity index (χ2n) is 6.76. The zero-order valence-corrected chi connectivity index (χ0v) is 15.9. The number of nitrogens with one attached hydrogen (secondary N) is 1. The van der Waals surface area contributed by atoms with Gasteiger partial charge in [0.15, 0.2) is 5.78 Å². The highest BCUT2D eigenvalue weighted by molar-refractivity contribution is 7.80. The molecule has 1 aliphatic rings. The molecule has 7 heteroatoms. The number of ether oxygens (including phenoxy) is 1. The Bertz CT molecular complexity index is 849. The van der Waals surface area contributed by atoms with E-state index in [0.717, 1.165) is 0 Å². The van der Waals surface area contributed by atoms with Crippen molar-refractivity contribution in [3.63, 3.8) is 0 Å². The van der Waals surface area contributed by atoms with Gasteiger partial charge in [-0.3, -0.25) is 4.79 Å². The van der Waals surface area contributed by atoms with Gasteiger partial charge in [0.1, 0.15) is 12.5 Å². The Labute approximate surface area is 167 Å². The van der Waals surface area contributed by atoms with E-state index in [1.807, 2.05) is 0 Å². The molecule has 0 unspecified atom stereocenters. The fraction of sp³-hybridized carbons (Fsp3) is 0.333. The molecule has 1 aliphatic heterocycles. The molecule has 1 heterocycles. The van der Waals surface area contributed by atoms with Crippen molar-refractivity contribution in [2.45, 2.75) is 18.1 Å². The van der Waals surface area contributed by atoms with Crippen LogP contribution >= 0.6 is 12.2 Å². The molecule has 2 aromatic carbocycles. The number of rotatable bonds is 7. The van der Waals surface area contributed by atoms with Crippen LogP contribution in [0.15, 0.2) is 54.6 Å². The second kappa shape index (κ2) is 8.86. The van der Waals surface area contributed by atoms with E-state index in [-0.39, 0.29) is 29.4 Å². The molecule has 0 spiro atoms. The molecule has 0 aliphatic carbocycles. The van der Waals surface area contributed by atoms with Crippen molar-refractivity contribution in [1.29, 1.82) is 0 Å². The van der Waals surface area contributed by atoms with Gasteiger partial charge in [-0.1, -0.05) is 60.7 Å². The Kier molecular flexibility index (Phi) is 6.49. The van der Waals surface area contributed by atoms with E-state index in [9.17, 15) is 18.7 Å². The van der Waals surface area contributed by atoms with Gasteiger partial charge in [-0.05, 0) is 6.07 Å². The first-order chi connectivity index (χ1) is 13.5. The molecule has 0 amide bonds. The lowest BCUT2D eigenvalue weighted by Crippen LogP contribution is -2.53. The number of carbonyl (C=O) groups excluding carboxylic acids is 1. The van der Waals surface area contributed by atoms with Crippen LogP contribution in [0.25, 0.3) is 0 Å². The van der Waals surface area contributed by atoms with Crippen molar-refractivity contribution < 1.29 is 23.4 Å². The number of aliphatic hydroxyl groups excluding tert-OH is 1. The molecule has 4 nitrogen and oxygen atoms in total. The highest BCUT2D eigenvalue weighted by Gasteiger charge is 2.52. The Morgan fingerprint density at radius 2 is 1.89 bits per heavy atom. The average Bonchev–Trinajstić information content (AvgIpc) is 3.06. The molecule has 0 saturated carbocycles. The Morgan fingerprint density at radius 3 is 2.54 bits per heavy atom. The van der Waals surface area contributed by atoms with Gasteiger partial charge in [-0.2, -0.15) is 0 Å². The summed E-state index contributed by atoms with van der Waals surface area (Å²) in [5, 5.41) is 12.9. The normalized spacial score (nSPS) is 24.1. The van der Waals surface area contributed by atoms with Gasteiger partial charge in [0.25, 0.3) is 0 Å². The maximum Gasteiger partial charge on any atom is 0.169 e. The number of benzene rings is 2. The molecule has 0 aromatic heterocycles. The van der Waals surface area contributed by atoms with Crippen LogP contribution in [0.5, 0.6) is 0 Å². The van der Waals surface area contributed by atoms with Crippen LogP contribution in [0.2, 0.25) is 0 Å². The smallest absolute Gasteiger partial charge is 0.169 e. The predicted molar refractivity (Wildman–Crippen MR) is 105 cm³/mol. The maximum atomic E-state index is 14.6. The highest BCUT2D eigenvalue weighted by atomic mass is 32.1. The minimum atomic E-state index is -1.26. The lowest BCUT2D eigenvalue weighted by molar-refractivity contribution is 0.0524. The first kappa shape index (κ1) is 20.5. The van der Waals surface area contributed by atoms with Crippen LogP contribution in [0.4, 0.5) is 8.78 Å². The summed E-state index contributed by atoms with van der Waals surface area (Å²) in [7, 11) is 0. The largest absolute Gasteiger partial charge is 0.396 e. The minimum Gasteiger partial charge on any atom is -0.396 e. The van der Waals surface area contributed by atoms with Gasteiger partial charge in [0.2, 0.25) is 0 Å². The first-order valence-corrected chi connectivity index (χ1v) is 9.35. The Balaban J connectivity index is 1.89. The van der Waals surface area contributed by atoms with Crippen molar-refractivity contribution in [1.82, 2.24) is 5.32 Å². The average molecular weight is 405 g/mol. The summed E-state index contributed by atoms with van der Waals surface area (Å²) in [6, 6.07) is 14.7. The third kappa shape index (κ3) is 3.97. The van der Waals surface area contributed by atoms with Crippen LogP contribution < -0.4 is 5.32 Å². The topological polar surface area (TPSA) is 58.6 Å². The van der Waals surface area contributed by atoms with Crippen LogP contribution in [-0.2, 0) is 10.3 Å².